The number of hydrogen-bond acceptors (Lipinski definition) is 6. The number of halogens is 1. The smallest absolute Gasteiger partial charge is 0.248 e. The average molecular weight is 530 g/mol. The van der Waals surface area contributed by atoms with Crippen molar-refractivity contribution in [3.05, 3.63) is 83.4 Å². The second-order valence-electron chi connectivity index (χ2n) is 9.33. The van der Waals surface area contributed by atoms with E-state index in [0.717, 1.165) is 16.2 Å². The van der Waals surface area contributed by atoms with Crippen LogP contribution in [0.15, 0.2) is 72.8 Å². The summed E-state index contributed by atoms with van der Waals surface area (Å²) in [4.78, 5) is 44.9. The van der Waals surface area contributed by atoms with Crippen LogP contribution in [0.5, 0.6) is 11.5 Å². The number of nitrogens with one attached hydrogen (secondary N) is 1. The number of methoxy groups -OCH3 is 2. The predicted molar refractivity (Wildman–Crippen MR) is 145 cm³/mol. The van der Waals surface area contributed by atoms with Crippen molar-refractivity contribution < 1.29 is 23.9 Å². The van der Waals surface area contributed by atoms with Gasteiger partial charge in [-0.2, -0.15) is 0 Å². The maximum atomic E-state index is 14.1. The summed E-state index contributed by atoms with van der Waals surface area (Å²) >= 11 is 6.39. The Hall–Kier alpha value is -4.30. The third-order valence-corrected chi connectivity index (χ3v) is 7.76. The van der Waals surface area contributed by atoms with Gasteiger partial charge in [-0.1, -0.05) is 54.1 Å². The van der Waals surface area contributed by atoms with Crippen molar-refractivity contribution in [2.75, 3.05) is 29.3 Å². The Morgan fingerprint density at radius 1 is 0.895 bits per heavy atom. The fraction of sp³-hybridized carbons (Fsp3) is 0.207. The number of rotatable bonds is 5. The highest BCUT2D eigenvalue weighted by atomic mass is 35.5. The van der Waals surface area contributed by atoms with Gasteiger partial charge in [0, 0.05) is 11.8 Å². The number of fused-ring (bicyclic) bond motifs is 5. The van der Waals surface area contributed by atoms with Gasteiger partial charge in [0.25, 0.3) is 0 Å². The summed E-state index contributed by atoms with van der Waals surface area (Å²) in [6.07, 6.45) is 3.84. The van der Waals surface area contributed by atoms with E-state index in [0.29, 0.717) is 22.9 Å². The molecule has 9 heteroatoms. The van der Waals surface area contributed by atoms with Gasteiger partial charge in [-0.3, -0.25) is 14.4 Å². The van der Waals surface area contributed by atoms with Crippen molar-refractivity contribution in [3.63, 3.8) is 0 Å². The molecule has 3 aromatic carbocycles. The highest BCUT2D eigenvalue weighted by Crippen LogP contribution is 2.50. The zero-order valence-corrected chi connectivity index (χ0v) is 21.4. The Balaban J connectivity index is 1.45. The van der Waals surface area contributed by atoms with Crippen LogP contribution in [-0.2, 0) is 14.4 Å². The molecule has 6 rings (SSSR count). The van der Waals surface area contributed by atoms with Gasteiger partial charge >= 0.3 is 0 Å². The highest BCUT2D eigenvalue weighted by molar-refractivity contribution is 6.36. The summed E-state index contributed by atoms with van der Waals surface area (Å²) < 4.78 is 10.8. The fourth-order valence-corrected chi connectivity index (χ4v) is 6.02. The molecule has 0 saturated carbocycles. The summed E-state index contributed by atoms with van der Waals surface area (Å²) in [7, 11) is 3.04. The van der Waals surface area contributed by atoms with E-state index in [2.05, 4.69) is 5.32 Å². The Kier molecular flexibility index (Phi) is 5.84. The number of amides is 3. The van der Waals surface area contributed by atoms with Gasteiger partial charge < -0.3 is 19.7 Å². The number of carbonyl (C=O) groups is 3. The lowest BCUT2D eigenvalue weighted by molar-refractivity contribution is -0.126. The lowest BCUT2D eigenvalue weighted by atomic mass is 9.88. The zero-order valence-electron chi connectivity index (χ0n) is 20.6. The number of imide groups is 1. The molecule has 0 radical (unpaired) electrons. The molecular formula is C29H24ClN3O5. The minimum Gasteiger partial charge on any atom is -0.497 e. The molecule has 3 aromatic rings. The first-order valence-corrected chi connectivity index (χ1v) is 12.5. The number of hydrogen-bond donors (Lipinski definition) is 1. The van der Waals surface area contributed by atoms with Gasteiger partial charge in [0.1, 0.15) is 17.5 Å². The minimum atomic E-state index is -0.962. The van der Waals surface area contributed by atoms with E-state index < -0.39 is 35.7 Å². The summed E-state index contributed by atoms with van der Waals surface area (Å²) in [6, 6.07) is 18.0. The topological polar surface area (TPSA) is 88.2 Å². The second-order valence-corrected chi connectivity index (χ2v) is 9.74. The van der Waals surface area contributed by atoms with Gasteiger partial charge in [0.05, 0.1) is 48.5 Å². The normalized spacial score (nSPS) is 23.1. The third kappa shape index (κ3) is 3.55. The molecule has 8 nitrogen and oxygen atoms in total. The maximum Gasteiger partial charge on any atom is 0.248 e. The standard InChI is InChI=1S/C29H24ClN3O5/c1-37-17-12-14-23(38-2)19(15-17)31-27(34)26-25-24(22-13-11-16-7-3-5-9-20(16)32(22)26)28(35)33(29(25)36)21-10-6-4-8-18(21)30/h3-15,22,24-26H,1-2H3,(H,31,34). The first-order valence-electron chi connectivity index (χ1n) is 12.2. The number of para-hydroxylation sites is 2. The van der Waals surface area contributed by atoms with E-state index >= 15 is 0 Å². The largest absolute Gasteiger partial charge is 0.497 e. The van der Waals surface area contributed by atoms with Gasteiger partial charge in [-0.15, -0.1) is 0 Å². The third-order valence-electron chi connectivity index (χ3n) is 7.44. The molecule has 3 aliphatic heterocycles. The Labute approximate surface area is 224 Å². The molecule has 3 amide bonds. The van der Waals surface area contributed by atoms with Crippen molar-refractivity contribution in [1.29, 1.82) is 0 Å². The molecule has 0 aliphatic carbocycles. The molecule has 192 valence electrons. The Morgan fingerprint density at radius 2 is 1.61 bits per heavy atom. The van der Waals surface area contributed by atoms with E-state index in [1.807, 2.05) is 41.3 Å². The Bertz CT molecular complexity index is 1510. The molecule has 4 atom stereocenters. The summed E-state index contributed by atoms with van der Waals surface area (Å²) in [5.41, 5.74) is 2.41. The lowest BCUT2D eigenvalue weighted by Gasteiger charge is -2.36. The highest BCUT2D eigenvalue weighted by Gasteiger charge is 2.64. The van der Waals surface area contributed by atoms with E-state index in [1.54, 1.807) is 42.5 Å². The fourth-order valence-electron chi connectivity index (χ4n) is 5.80. The van der Waals surface area contributed by atoms with Crippen LogP contribution in [0.2, 0.25) is 5.02 Å². The number of nitrogens with zero attached hydrogens (tertiary/aromatic N) is 2. The van der Waals surface area contributed by atoms with Crippen LogP contribution in [0.4, 0.5) is 17.1 Å². The molecule has 0 bridgehead atoms. The van der Waals surface area contributed by atoms with E-state index in [9.17, 15) is 14.4 Å². The van der Waals surface area contributed by atoms with Gasteiger partial charge in [0.15, 0.2) is 0 Å². The monoisotopic (exact) mass is 529 g/mol. The lowest BCUT2D eigenvalue weighted by Crippen LogP contribution is -2.50. The van der Waals surface area contributed by atoms with E-state index in [1.165, 1.54) is 14.2 Å². The molecule has 4 unspecified atom stereocenters. The van der Waals surface area contributed by atoms with Gasteiger partial charge in [-0.05, 0) is 35.9 Å². The average Bonchev–Trinajstić information content (AvgIpc) is 3.41. The molecule has 3 aliphatic rings. The molecule has 0 spiro atoms. The molecule has 2 saturated heterocycles. The SMILES string of the molecule is COc1ccc(OC)c(NC(=O)C2C3C(=O)N(c4ccccc4Cl)C(=O)C3C3C=Cc4ccccc4N32)c1. The van der Waals surface area contributed by atoms with Gasteiger partial charge in [0.2, 0.25) is 17.7 Å². The van der Waals surface area contributed by atoms with Crippen LogP contribution in [0.3, 0.4) is 0 Å². The minimum absolute atomic E-state index is 0.290. The summed E-state index contributed by atoms with van der Waals surface area (Å²) in [5.74, 6) is -1.96. The van der Waals surface area contributed by atoms with E-state index in [4.69, 9.17) is 21.1 Å². The van der Waals surface area contributed by atoms with Crippen molar-refractivity contribution in [3.8, 4) is 11.5 Å². The number of carbonyl (C=O) groups excluding carboxylic acids is 3. The van der Waals surface area contributed by atoms with Crippen LogP contribution < -0.4 is 24.6 Å². The molecular weight excluding hydrogens is 506 g/mol. The van der Waals surface area contributed by atoms with Crippen molar-refractivity contribution in [2.24, 2.45) is 11.8 Å². The summed E-state index contributed by atoms with van der Waals surface area (Å²) in [5, 5.41) is 3.23. The quantitative estimate of drug-likeness (QED) is 0.493. The second kappa shape index (κ2) is 9.22. The van der Waals surface area contributed by atoms with Crippen molar-refractivity contribution >= 4 is 52.5 Å². The van der Waals surface area contributed by atoms with Crippen molar-refractivity contribution in [1.82, 2.24) is 0 Å². The number of anilines is 3. The Morgan fingerprint density at radius 3 is 2.34 bits per heavy atom. The van der Waals surface area contributed by atoms with Crippen LogP contribution in [0, 0.1) is 11.8 Å². The van der Waals surface area contributed by atoms with Crippen LogP contribution in [-0.4, -0.2) is 44.0 Å². The summed E-state index contributed by atoms with van der Waals surface area (Å²) in [6.45, 7) is 0. The maximum absolute atomic E-state index is 14.1. The molecule has 38 heavy (non-hydrogen) atoms. The first kappa shape index (κ1) is 24.1. The number of benzene rings is 3. The van der Waals surface area contributed by atoms with E-state index in [-0.39, 0.29) is 10.9 Å². The number of ether oxygens (including phenoxy) is 2. The zero-order chi connectivity index (χ0) is 26.6. The van der Waals surface area contributed by atoms with Crippen LogP contribution in [0.1, 0.15) is 5.56 Å². The molecule has 0 aromatic heterocycles. The van der Waals surface area contributed by atoms with Crippen LogP contribution in [0.25, 0.3) is 6.08 Å². The van der Waals surface area contributed by atoms with Crippen LogP contribution >= 0.6 is 11.6 Å². The predicted octanol–water partition coefficient (Wildman–Crippen LogP) is 4.39. The van der Waals surface area contributed by atoms with Gasteiger partial charge in [-0.25, -0.2) is 4.90 Å². The molecule has 3 heterocycles. The van der Waals surface area contributed by atoms with Crippen molar-refractivity contribution in [2.45, 2.75) is 12.1 Å². The molecule has 2 fully saturated rings. The first-order chi connectivity index (χ1) is 18.4. The molecule has 1 N–H and O–H groups in total.